The fraction of sp³-hybridized carbons (Fsp3) is 0. The van der Waals surface area contributed by atoms with Crippen molar-refractivity contribution >= 4 is 60.8 Å². The van der Waals surface area contributed by atoms with E-state index in [2.05, 4.69) is 264 Å². The van der Waals surface area contributed by atoms with Crippen molar-refractivity contribution < 1.29 is 0 Å². The van der Waals surface area contributed by atoms with Crippen molar-refractivity contribution in [2.45, 2.75) is 0 Å². The van der Waals surface area contributed by atoms with Crippen LogP contribution in [0.25, 0.3) is 93.9 Å². The van der Waals surface area contributed by atoms with Gasteiger partial charge in [0.05, 0.1) is 11.0 Å². The number of para-hydroxylation sites is 1. The van der Waals surface area contributed by atoms with Gasteiger partial charge in [0.25, 0.3) is 0 Å². The Morgan fingerprint density at radius 1 is 0.250 bits per heavy atom. The molecular formula is C66H42N2. The summed E-state index contributed by atoms with van der Waals surface area (Å²) in [6.45, 7) is 0. The lowest BCUT2D eigenvalue weighted by molar-refractivity contribution is 1.18. The summed E-state index contributed by atoms with van der Waals surface area (Å²) in [6.07, 6.45) is 0. The van der Waals surface area contributed by atoms with Gasteiger partial charge in [-0.05, 0) is 149 Å². The van der Waals surface area contributed by atoms with Crippen LogP contribution in [0.5, 0.6) is 0 Å². The first-order chi connectivity index (χ1) is 33.7. The van der Waals surface area contributed by atoms with Gasteiger partial charge in [-0.25, -0.2) is 0 Å². The van der Waals surface area contributed by atoms with Crippen LogP contribution in [0.4, 0.5) is 17.1 Å². The number of hydrogen-bond acceptors (Lipinski definition) is 1. The molecule has 1 aromatic heterocycles. The van der Waals surface area contributed by atoms with Gasteiger partial charge in [-0.2, -0.15) is 0 Å². The third-order valence-corrected chi connectivity index (χ3v) is 14.3. The topological polar surface area (TPSA) is 8.17 Å². The summed E-state index contributed by atoms with van der Waals surface area (Å²) < 4.78 is 2.42. The fourth-order valence-electron chi connectivity index (χ4n) is 11.2. The number of fused-ring (bicyclic) bond motifs is 10. The lowest BCUT2D eigenvalue weighted by atomic mass is 9.91. The lowest BCUT2D eigenvalue weighted by Gasteiger charge is -2.27. The van der Waals surface area contributed by atoms with Crippen molar-refractivity contribution in [3.8, 4) is 50.2 Å². The Bertz CT molecular complexity index is 3960. The van der Waals surface area contributed by atoms with Crippen LogP contribution in [-0.2, 0) is 0 Å². The summed E-state index contributed by atoms with van der Waals surface area (Å²) in [7, 11) is 0. The first kappa shape index (κ1) is 38.3. The summed E-state index contributed by atoms with van der Waals surface area (Å²) in [4.78, 5) is 2.45. The molecule has 0 unspecified atom stereocenters. The van der Waals surface area contributed by atoms with Crippen LogP contribution in [-0.4, -0.2) is 4.57 Å². The van der Waals surface area contributed by atoms with E-state index in [1.807, 2.05) is 0 Å². The van der Waals surface area contributed by atoms with Gasteiger partial charge < -0.3 is 9.47 Å². The second kappa shape index (κ2) is 15.3. The standard InChI is InChI=1S/C66H42N2/c1-2-14-43(15-3-1)45-26-28-46(29-27-45)47-30-33-49(34-31-47)67(52-37-39-64-61(41-52)57-21-12-13-25-63(57)68(64)50-35-32-44-16-4-5-17-48(44)40-50)51-36-38-56-55-20-8-11-24-60(55)66(62(56)42-51)65-58-22-9-6-18-53(58)54-19-7-10-23-59(54)65/h1-42H. The number of rotatable bonds is 6. The molecule has 0 radical (unpaired) electrons. The van der Waals surface area contributed by atoms with Crippen LogP contribution in [0.2, 0.25) is 0 Å². The first-order valence-electron chi connectivity index (χ1n) is 23.5. The third-order valence-electron chi connectivity index (χ3n) is 14.3. The van der Waals surface area contributed by atoms with Crippen LogP contribution >= 0.6 is 0 Å². The Kier molecular flexibility index (Phi) is 8.62. The summed E-state index contributed by atoms with van der Waals surface area (Å²) in [5, 5.41) is 4.90. The van der Waals surface area contributed by atoms with Gasteiger partial charge in [0.15, 0.2) is 0 Å². The van der Waals surface area contributed by atoms with E-state index in [9.17, 15) is 0 Å². The highest BCUT2D eigenvalue weighted by Crippen LogP contribution is 2.55. The van der Waals surface area contributed by atoms with E-state index in [1.54, 1.807) is 0 Å². The molecule has 316 valence electrons. The Morgan fingerprint density at radius 3 is 1.37 bits per heavy atom. The summed E-state index contributed by atoms with van der Waals surface area (Å²) in [5.74, 6) is 0. The average molecular weight is 863 g/mol. The zero-order valence-corrected chi connectivity index (χ0v) is 37.1. The van der Waals surface area contributed by atoms with Crippen molar-refractivity contribution in [1.82, 2.24) is 4.57 Å². The minimum atomic E-state index is 1.09. The molecular weight excluding hydrogens is 821 g/mol. The molecule has 11 aromatic carbocycles. The third kappa shape index (κ3) is 5.98. The molecule has 14 rings (SSSR count). The van der Waals surface area contributed by atoms with Gasteiger partial charge in [-0.1, -0.05) is 194 Å². The van der Waals surface area contributed by atoms with Crippen LogP contribution in [0, 0.1) is 0 Å². The number of benzene rings is 11. The minimum Gasteiger partial charge on any atom is -0.310 e. The second-order valence-corrected chi connectivity index (χ2v) is 18.0. The Morgan fingerprint density at radius 2 is 0.706 bits per heavy atom. The number of aromatic nitrogens is 1. The molecule has 0 bridgehead atoms. The average Bonchev–Trinajstić information content (AvgIpc) is 4.04. The summed E-state index contributed by atoms with van der Waals surface area (Å²) in [6, 6.07) is 93.8. The summed E-state index contributed by atoms with van der Waals surface area (Å²) >= 11 is 0. The molecule has 2 nitrogen and oxygen atoms in total. The predicted octanol–water partition coefficient (Wildman–Crippen LogP) is 17.7. The maximum atomic E-state index is 2.45. The largest absolute Gasteiger partial charge is 0.310 e. The highest BCUT2D eigenvalue weighted by molar-refractivity contribution is 6.19. The van der Waals surface area contributed by atoms with Crippen LogP contribution in [0.3, 0.4) is 0 Å². The smallest absolute Gasteiger partial charge is 0.0542 e. The van der Waals surface area contributed by atoms with Crippen molar-refractivity contribution in [3.63, 3.8) is 0 Å². The van der Waals surface area contributed by atoms with E-state index in [4.69, 9.17) is 0 Å². The van der Waals surface area contributed by atoms with E-state index in [-0.39, 0.29) is 0 Å². The molecule has 2 heteroatoms. The van der Waals surface area contributed by atoms with E-state index in [0.717, 1.165) is 22.7 Å². The predicted molar refractivity (Wildman–Crippen MR) is 286 cm³/mol. The number of nitrogens with zero attached hydrogens (tertiary/aromatic N) is 2. The van der Waals surface area contributed by atoms with Crippen molar-refractivity contribution in [3.05, 3.63) is 277 Å². The molecule has 0 fully saturated rings. The molecule has 0 saturated heterocycles. The van der Waals surface area contributed by atoms with Crippen molar-refractivity contribution in [1.29, 1.82) is 0 Å². The fourth-order valence-corrected chi connectivity index (χ4v) is 11.2. The molecule has 0 spiro atoms. The Labute approximate surface area is 395 Å². The van der Waals surface area contributed by atoms with E-state index >= 15 is 0 Å². The molecule has 68 heavy (non-hydrogen) atoms. The number of hydrogen-bond donors (Lipinski definition) is 0. The van der Waals surface area contributed by atoms with Gasteiger partial charge in [-0.15, -0.1) is 0 Å². The van der Waals surface area contributed by atoms with Crippen molar-refractivity contribution in [2.24, 2.45) is 0 Å². The Hall–Kier alpha value is -8.98. The number of anilines is 3. The Balaban J connectivity index is 0.962. The van der Waals surface area contributed by atoms with Gasteiger partial charge in [0.1, 0.15) is 0 Å². The molecule has 0 atom stereocenters. The monoisotopic (exact) mass is 862 g/mol. The lowest BCUT2D eigenvalue weighted by Crippen LogP contribution is -2.10. The van der Waals surface area contributed by atoms with E-state index < -0.39 is 0 Å². The second-order valence-electron chi connectivity index (χ2n) is 18.0. The van der Waals surface area contributed by atoms with Crippen molar-refractivity contribution in [2.75, 3.05) is 4.90 Å². The maximum Gasteiger partial charge on any atom is 0.0542 e. The zero-order valence-electron chi connectivity index (χ0n) is 37.1. The molecule has 2 aliphatic carbocycles. The van der Waals surface area contributed by atoms with Crippen LogP contribution in [0.1, 0.15) is 22.3 Å². The molecule has 2 aliphatic rings. The van der Waals surface area contributed by atoms with E-state index in [1.165, 1.54) is 110 Å². The van der Waals surface area contributed by atoms with Crippen LogP contribution < -0.4 is 4.90 Å². The van der Waals surface area contributed by atoms with Gasteiger partial charge >= 0.3 is 0 Å². The highest BCUT2D eigenvalue weighted by atomic mass is 15.1. The van der Waals surface area contributed by atoms with E-state index in [0.29, 0.717) is 0 Å². The van der Waals surface area contributed by atoms with Gasteiger partial charge in [0.2, 0.25) is 0 Å². The zero-order chi connectivity index (χ0) is 44.7. The normalized spacial score (nSPS) is 12.4. The molecule has 0 aliphatic heterocycles. The molecule has 0 saturated carbocycles. The minimum absolute atomic E-state index is 1.09. The molecule has 12 aromatic rings. The van der Waals surface area contributed by atoms with Gasteiger partial charge in [-0.3, -0.25) is 0 Å². The molecule has 0 amide bonds. The quantitative estimate of drug-likeness (QED) is 0.162. The van der Waals surface area contributed by atoms with Gasteiger partial charge in [0, 0.05) is 33.5 Å². The first-order valence-corrected chi connectivity index (χ1v) is 23.5. The SMILES string of the molecule is c1ccc(-c2ccc(-c3ccc(N(c4ccc5c(c4)C(=C4c6ccccc6-c6ccccc64)c4ccccc4-5)c4ccc5c(c4)c4ccccc4n5-c4ccc5ccccc5c4)cc3)cc2)cc1. The molecule has 0 N–H and O–H groups in total. The summed E-state index contributed by atoms with van der Waals surface area (Å²) in [5.41, 5.74) is 24.4. The molecule has 1 heterocycles. The maximum absolute atomic E-state index is 2.45. The van der Waals surface area contributed by atoms with Crippen LogP contribution in [0.15, 0.2) is 255 Å². The highest BCUT2D eigenvalue weighted by Gasteiger charge is 2.33.